The van der Waals surface area contributed by atoms with Crippen LogP contribution in [0.1, 0.15) is 18.1 Å². The van der Waals surface area contributed by atoms with Gasteiger partial charge in [-0.05, 0) is 36.7 Å². The molecule has 0 aromatic heterocycles. The molecule has 0 saturated carbocycles. The second kappa shape index (κ2) is 8.88. The third-order valence-corrected chi connectivity index (χ3v) is 5.92. The predicted molar refractivity (Wildman–Crippen MR) is 97.7 cm³/mol. The molecular formula is C19H22F2N2O3S. The molecule has 1 aliphatic heterocycles. The van der Waals surface area contributed by atoms with E-state index in [2.05, 4.69) is 9.62 Å². The Morgan fingerprint density at radius 1 is 1.15 bits per heavy atom. The van der Waals surface area contributed by atoms with Crippen molar-refractivity contribution in [3.8, 4) is 0 Å². The standard InChI is InChI=1S/C19H22F2N2O3S/c20-16-7-8-17(21)19(13-16)27(24,25)22-9-4-10-23-11-12-26-18(14-23)15-5-2-1-3-6-15/h1-3,5-8,13,18,22H,4,9-12,14H2. The molecule has 0 radical (unpaired) electrons. The fourth-order valence-electron chi connectivity index (χ4n) is 3.05. The van der Waals surface area contributed by atoms with Gasteiger partial charge in [0.2, 0.25) is 10.0 Å². The van der Waals surface area contributed by atoms with Crippen molar-refractivity contribution in [3.05, 3.63) is 65.7 Å². The summed E-state index contributed by atoms with van der Waals surface area (Å²) in [4.78, 5) is 1.54. The Hall–Kier alpha value is -1.87. The van der Waals surface area contributed by atoms with Crippen LogP contribution in [-0.2, 0) is 14.8 Å². The van der Waals surface area contributed by atoms with Gasteiger partial charge in [0, 0.05) is 19.6 Å². The van der Waals surface area contributed by atoms with Crippen LogP contribution in [-0.4, -0.2) is 46.1 Å². The number of benzene rings is 2. The summed E-state index contributed by atoms with van der Waals surface area (Å²) in [6, 6.07) is 12.3. The summed E-state index contributed by atoms with van der Waals surface area (Å²) in [5.41, 5.74) is 1.12. The number of halogens is 2. The van der Waals surface area contributed by atoms with Crippen LogP contribution in [0.4, 0.5) is 8.78 Å². The summed E-state index contributed by atoms with van der Waals surface area (Å²) in [7, 11) is -4.08. The van der Waals surface area contributed by atoms with Crippen molar-refractivity contribution in [2.24, 2.45) is 0 Å². The van der Waals surface area contributed by atoms with Crippen molar-refractivity contribution >= 4 is 10.0 Å². The van der Waals surface area contributed by atoms with Gasteiger partial charge in [-0.25, -0.2) is 21.9 Å². The molecule has 2 aromatic carbocycles. The molecule has 1 saturated heterocycles. The predicted octanol–water partition coefficient (Wildman–Crippen LogP) is 2.71. The maximum atomic E-state index is 13.7. The third-order valence-electron chi connectivity index (χ3n) is 4.45. The Balaban J connectivity index is 1.49. The third kappa shape index (κ3) is 5.32. The number of hydrogen-bond acceptors (Lipinski definition) is 4. The summed E-state index contributed by atoms with van der Waals surface area (Å²) in [6.07, 6.45) is 0.551. The first-order valence-corrected chi connectivity index (χ1v) is 10.3. The quantitative estimate of drug-likeness (QED) is 0.731. The van der Waals surface area contributed by atoms with Gasteiger partial charge >= 0.3 is 0 Å². The highest BCUT2D eigenvalue weighted by atomic mass is 32.2. The van der Waals surface area contributed by atoms with Crippen molar-refractivity contribution in [2.45, 2.75) is 17.4 Å². The molecule has 5 nitrogen and oxygen atoms in total. The minimum atomic E-state index is -4.08. The van der Waals surface area contributed by atoms with E-state index in [-0.39, 0.29) is 12.6 Å². The summed E-state index contributed by atoms with van der Waals surface area (Å²) in [5, 5.41) is 0. The van der Waals surface area contributed by atoms with Gasteiger partial charge in [0.15, 0.2) is 0 Å². The van der Waals surface area contributed by atoms with Gasteiger partial charge in [-0.1, -0.05) is 30.3 Å². The molecule has 0 bridgehead atoms. The average molecular weight is 396 g/mol. The zero-order valence-electron chi connectivity index (χ0n) is 14.8. The molecule has 1 heterocycles. The number of sulfonamides is 1. The number of hydrogen-bond donors (Lipinski definition) is 1. The first-order valence-electron chi connectivity index (χ1n) is 8.79. The molecule has 8 heteroatoms. The molecule has 3 rings (SSSR count). The van der Waals surface area contributed by atoms with E-state index in [1.165, 1.54) is 0 Å². The van der Waals surface area contributed by atoms with Crippen LogP contribution in [0.2, 0.25) is 0 Å². The minimum absolute atomic E-state index is 0.00182. The van der Waals surface area contributed by atoms with E-state index < -0.39 is 26.6 Å². The van der Waals surface area contributed by atoms with Crippen LogP contribution < -0.4 is 4.72 Å². The van der Waals surface area contributed by atoms with Gasteiger partial charge in [-0.15, -0.1) is 0 Å². The lowest BCUT2D eigenvalue weighted by Crippen LogP contribution is -2.39. The molecule has 1 atom stereocenters. The zero-order chi connectivity index (χ0) is 19.3. The Kier molecular flexibility index (Phi) is 6.54. The topological polar surface area (TPSA) is 58.6 Å². The van der Waals surface area contributed by atoms with E-state index in [0.29, 0.717) is 25.6 Å². The highest BCUT2D eigenvalue weighted by Gasteiger charge is 2.22. The van der Waals surface area contributed by atoms with Crippen LogP contribution in [0.5, 0.6) is 0 Å². The largest absolute Gasteiger partial charge is 0.371 e. The molecule has 2 aromatic rings. The van der Waals surface area contributed by atoms with Gasteiger partial charge < -0.3 is 4.74 Å². The molecule has 0 amide bonds. The lowest BCUT2D eigenvalue weighted by Gasteiger charge is -2.33. The Morgan fingerprint density at radius 2 is 1.93 bits per heavy atom. The Labute approximate surface area is 158 Å². The van der Waals surface area contributed by atoms with Crippen molar-refractivity contribution in [1.82, 2.24) is 9.62 Å². The zero-order valence-corrected chi connectivity index (χ0v) is 15.6. The van der Waals surface area contributed by atoms with E-state index in [0.717, 1.165) is 30.8 Å². The molecule has 146 valence electrons. The minimum Gasteiger partial charge on any atom is -0.371 e. The molecular weight excluding hydrogens is 374 g/mol. The number of nitrogens with one attached hydrogen (secondary N) is 1. The summed E-state index contributed by atoms with van der Waals surface area (Å²) in [5.74, 6) is -1.76. The van der Waals surface area contributed by atoms with E-state index in [9.17, 15) is 17.2 Å². The SMILES string of the molecule is O=S(=O)(NCCCN1CCOC(c2ccccc2)C1)c1cc(F)ccc1F. The summed E-state index contributed by atoms with van der Waals surface area (Å²) >= 11 is 0. The second-order valence-corrected chi connectivity index (χ2v) is 8.13. The maximum Gasteiger partial charge on any atom is 0.243 e. The fourth-order valence-corrected chi connectivity index (χ4v) is 4.21. The average Bonchev–Trinajstić information content (AvgIpc) is 2.68. The lowest BCUT2D eigenvalue weighted by molar-refractivity contribution is -0.0300. The van der Waals surface area contributed by atoms with E-state index >= 15 is 0 Å². The molecule has 1 unspecified atom stereocenters. The van der Waals surface area contributed by atoms with Crippen LogP contribution >= 0.6 is 0 Å². The van der Waals surface area contributed by atoms with E-state index in [1.54, 1.807) is 0 Å². The summed E-state index contributed by atoms with van der Waals surface area (Å²) < 4.78 is 59.3. The lowest BCUT2D eigenvalue weighted by atomic mass is 10.1. The van der Waals surface area contributed by atoms with Gasteiger partial charge in [0.25, 0.3) is 0 Å². The van der Waals surface area contributed by atoms with Gasteiger partial charge in [0.05, 0.1) is 12.7 Å². The van der Waals surface area contributed by atoms with Gasteiger partial charge in [0.1, 0.15) is 16.5 Å². The molecule has 1 aliphatic rings. The van der Waals surface area contributed by atoms with Gasteiger partial charge in [-0.3, -0.25) is 4.90 Å². The van der Waals surface area contributed by atoms with Crippen molar-refractivity contribution in [1.29, 1.82) is 0 Å². The highest BCUT2D eigenvalue weighted by molar-refractivity contribution is 7.89. The first-order chi connectivity index (χ1) is 13.0. The smallest absolute Gasteiger partial charge is 0.243 e. The molecule has 0 aliphatic carbocycles. The van der Waals surface area contributed by atoms with Gasteiger partial charge in [-0.2, -0.15) is 0 Å². The Morgan fingerprint density at radius 3 is 2.70 bits per heavy atom. The van der Waals surface area contributed by atoms with Crippen molar-refractivity contribution < 1.29 is 21.9 Å². The summed E-state index contributed by atoms with van der Waals surface area (Å²) in [6.45, 7) is 2.94. The molecule has 27 heavy (non-hydrogen) atoms. The molecule has 1 N–H and O–H groups in total. The fraction of sp³-hybridized carbons (Fsp3) is 0.368. The van der Waals surface area contributed by atoms with Crippen LogP contribution in [0, 0.1) is 11.6 Å². The normalized spacial score (nSPS) is 18.5. The monoisotopic (exact) mass is 396 g/mol. The molecule has 1 fully saturated rings. The maximum absolute atomic E-state index is 13.7. The van der Waals surface area contributed by atoms with Crippen LogP contribution in [0.25, 0.3) is 0 Å². The van der Waals surface area contributed by atoms with Crippen molar-refractivity contribution in [3.63, 3.8) is 0 Å². The molecule has 0 spiro atoms. The number of ether oxygens (including phenoxy) is 1. The highest BCUT2D eigenvalue weighted by Crippen LogP contribution is 2.22. The Bertz CT molecular complexity index is 863. The van der Waals surface area contributed by atoms with Crippen LogP contribution in [0.3, 0.4) is 0 Å². The van der Waals surface area contributed by atoms with E-state index in [1.807, 2.05) is 30.3 Å². The van der Waals surface area contributed by atoms with E-state index in [4.69, 9.17) is 4.74 Å². The van der Waals surface area contributed by atoms with Crippen LogP contribution in [0.15, 0.2) is 53.4 Å². The number of rotatable bonds is 7. The van der Waals surface area contributed by atoms with Crippen molar-refractivity contribution in [2.75, 3.05) is 32.8 Å². The first kappa shape index (κ1) is 19.9. The second-order valence-electron chi connectivity index (χ2n) is 6.40. The number of morpholine rings is 1. The number of nitrogens with zero attached hydrogens (tertiary/aromatic N) is 1.